The van der Waals surface area contributed by atoms with Crippen LogP contribution in [0.3, 0.4) is 0 Å². The van der Waals surface area contributed by atoms with Crippen molar-refractivity contribution in [3.05, 3.63) is 64.7 Å². The van der Waals surface area contributed by atoms with Gasteiger partial charge in [0.2, 0.25) is 0 Å². The number of carbonyl (C=O) groups is 3. The lowest BCUT2D eigenvalue weighted by atomic mass is 9.94. The summed E-state index contributed by atoms with van der Waals surface area (Å²) in [5.41, 5.74) is 2.17. The summed E-state index contributed by atoms with van der Waals surface area (Å²) in [4.78, 5) is 38.8. The van der Waals surface area contributed by atoms with Gasteiger partial charge in [-0.15, -0.1) is 0 Å². The predicted octanol–water partition coefficient (Wildman–Crippen LogP) is 4.16. The summed E-state index contributed by atoms with van der Waals surface area (Å²) in [6.45, 7) is 4.38. The van der Waals surface area contributed by atoms with E-state index < -0.39 is 23.7 Å². The molecule has 0 bridgehead atoms. The fraction of sp³-hybridized carbons (Fsp3) is 0.346. The summed E-state index contributed by atoms with van der Waals surface area (Å²) in [6, 6.07) is 11.3. The van der Waals surface area contributed by atoms with E-state index in [0.29, 0.717) is 30.0 Å². The summed E-state index contributed by atoms with van der Waals surface area (Å²) >= 11 is 0. The van der Waals surface area contributed by atoms with Crippen LogP contribution in [0.1, 0.15) is 55.8 Å². The van der Waals surface area contributed by atoms with Crippen LogP contribution < -0.4 is 9.47 Å². The Balaban J connectivity index is 1.79. The van der Waals surface area contributed by atoms with Crippen LogP contribution in [0.5, 0.6) is 11.5 Å². The van der Waals surface area contributed by atoms with Crippen LogP contribution in [0.25, 0.3) is 5.76 Å². The van der Waals surface area contributed by atoms with Crippen LogP contribution in [-0.4, -0.2) is 40.8 Å². The largest absolute Gasteiger partial charge is 0.507 e. The number of hydrogen-bond donors (Lipinski definition) is 1. The van der Waals surface area contributed by atoms with Gasteiger partial charge in [-0.3, -0.25) is 14.4 Å². The lowest BCUT2D eigenvalue weighted by Crippen LogP contribution is -2.30. The minimum absolute atomic E-state index is 0.0630. The molecule has 1 atom stereocenters. The van der Waals surface area contributed by atoms with Gasteiger partial charge in [0.05, 0.1) is 18.2 Å². The maximum absolute atomic E-state index is 13.1. The van der Waals surface area contributed by atoms with Crippen LogP contribution >= 0.6 is 0 Å². The summed E-state index contributed by atoms with van der Waals surface area (Å²) < 4.78 is 10.8. The third kappa shape index (κ3) is 4.49. The zero-order valence-corrected chi connectivity index (χ0v) is 18.8. The van der Waals surface area contributed by atoms with E-state index in [-0.39, 0.29) is 11.3 Å². The molecular weight excluding hydrogens is 422 g/mol. The zero-order chi connectivity index (χ0) is 23.5. The van der Waals surface area contributed by atoms with Gasteiger partial charge in [-0.2, -0.15) is 0 Å². The number of ketones is 1. The molecule has 0 spiro atoms. The number of rotatable bonds is 6. The van der Waals surface area contributed by atoms with Gasteiger partial charge in [-0.05, 0) is 60.7 Å². The average Bonchev–Trinajstić information content (AvgIpc) is 3.07. The molecule has 2 heterocycles. The molecule has 0 radical (unpaired) electrons. The third-order valence-electron chi connectivity index (χ3n) is 5.93. The minimum atomic E-state index is -0.727. The maximum atomic E-state index is 13.1. The Kier molecular flexibility index (Phi) is 6.49. The smallest absolute Gasteiger partial charge is 0.308 e. The highest BCUT2D eigenvalue weighted by atomic mass is 16.5. The molecule has 1 unspecified atom stereocenters. The van der Waals surface area contributed by atoms with Crippen molar-refractivity contribution in [3.63, 3.8) is 0 Å². The second kappa shape index (κ2) is 9.48. The second-order valence-corrected chi connectivity index (χ2v) is 8.28. The minimum Gasteiger partial charge on any atom is -0.507 e. The number of benzene rings is 2. The van der Waals surface area contributed by atoms with Gasteiger partial charge in [0.1, 0.15) is 17.3 Å². The lowest BCUT2D eigenvalue weighted by molar-refractivity contribution is -0.139. The molecular formula is C26H27NO6. The Bertz CT molecular complexity index is 1120. The molecule has 0 aliphatic carbocycles. The number of aryl methyl sites for hydroxylation is 1. The summed E-state index contributed by atoms with van der Waals surface area (Å²) in [5, 5.41) is 11.2. The Morgan fingerprint density at radius 3 is 2.64 bits per heavy atom. The number of nitrogens with zero attached hydrogens (tertiary/aromatic N) is 1. The quantitative estimate of drug-likeness (QED) is 0.234. The Morgan fingerprint density at radius 2 is 1.94 bits per heavy atom. The van der Waals surface area contributed by atoms with Crippen molar-refractivity contribution in [2.75, 3.05) is 13.2 Å². The van der Waals surface area contributed by atoms with E-state index in [1.807, 2.05) is 13.0 Å². The number of fused-ring (bicyclic) bond motifs is 1. The van der Waals surface area contributed by atoms with Gasteiger partial charge in [-0.25, -0.2) is 0 Å². The standard InChI is InChI=1S/C26H27NO6/c1-3-4-13-27-23(17-7-10-20(11-8-17)33-16(2)28)22(25(30)26(27)31)24(29)19-9-12-21-18(15-19)6-5-14-32-21/h7-12,15,23,29H,3-6,13-14H2,1-2H3/b24-22-. The number of aliphatic hydroxyl groups is 1. The van der Waals surface area contributed by atoms with Crippen LogP contribution in [0, 0.1) is 0 Å². The Hall–Kier alpha value is -3.61. The van der Waals surface area contributed by atoms with E-state index in [0.717, 1.165) is 37.0 Å². The number of esters is 1. The molecule has 172 valence electrons. The van der Waals surface area contributed by atoms with E-state index in [2.05, 4.69) is 0 Å². The van der Waals surface area contributed by atoms with E-state index in [1.165, 1.54) is 11.8 Å². The molecule has 1 fully saturated rings. The van der Waals surface area contributed by atoms with Crippen molar-refractivity contribution >= 4 is 23.4 Å². The average molecular weight is 450 g/mol. The highest BCUT2D eigenvalue weighted by Crippen LogP contribution is 2.40. The molecule has 2 aromatic rings. The van der Waals surface area contributed by atoms with Crippen molar-refractivity contribution in [1.29, 1.82) is 0 Å². The number of ether oxygens (including phenoxy) is 2. The first-order chi connectivity index (χ1) is 15.9. The molecule has 0 aromatic heterocycles. The van der Waals surface area contributed by atoms with Gasteiger partial charge in [0.25, 0.3) is 11.7 Å². The number of hydrogen-bond acceptors (Lipinski definition) is 6. The molecule has 1 amide bonds. The molecule has 33 heavy (non-hydrogen) atoms. The van der Waals surface area contributed by atoms with Gasteiger partial charge in [0, 0.05) is 19.0 Å². The molecule has 4 rings (SSSR count). The van der Waals surface area contributed by atoms with Gasteiger partial charge in [-0.1, -0.05) is 25.5 Å². The van der Waals surface area contributed by atoms with Gasteiger partial charge in [0.15, 0.2) is 0 Å². The number of Topliss-reactive ketones (excluding diaryl/α,β-unsaturated/α-hetero) is 1. The van der Waals surface area contributed by atoms with Crippen molar-refractivity contribution in [1.82, 2.24) is 4.90 Å². The van der Waals surface area contributed by atoms with Crippen molar-refractivity contribution < 1.29 is 29.0 Å². The lowest BCUT2D eigenvalue weighted by Gasteiger charge is -2.25. The van der Waals surface area contributed by atoms with E-state index >= 15 is 0 Å². The van der Waals surface area contributed by atoms with Crippen LogP contribution in [-0.2, 0) is 20.8 Å². The predicted molar refractivity (Wildman–Crippen MR) is 122 cm³/mol. The second-order valence-electron chi connectivity index (χ2n) is 8.28. The third-order valence-corrected chi connectivity index (χ3v) is 5.93. The molecule has 7 nitrogen and oxygen atoms in total. The molecule has 2 aromatic carbocycles. The molecule has 1 saturated heterocycles. The maximum Gasteiger partial charge on any atom is 0.308 e. The molecule has 2 aliphatic rings. The fourth-order valence-corrected chi connectivity index (χ4v) is 4.33. The normalized spacial score (nSPS) is 19.2. The number of carbonyl (C=O) groups excluding carboxylic acids is 3. The zero-order valence-electron chi connectivity index (χ0n) is 18.8. The van der Waals surface area contributed by atoms with Crippen molar-refractivity contribution in [3.8, 4) is 11.5 Å². The number of likely N-dealkylation sites (tertiary alicyclic amines) is 1. The Labute approximate surface area is 192 Å². The van der Waals surface area contributed by atoms with Crippen LogP contribution in [0.2, 0.25) is 0 Å². The monoisotopic (exact) mass is 449 g/mol. The van der Waals surface area contributed by atoms with Gasteiger partial charge >= 0.3 is 5.97 Å². The molecule has 1 N–H and O–H groups in total. The number of unbranched alkanes of at least 4 members (excludes halogenated alkanes) is 1. The van der Waals surface area contributed by atoms with Crippen molar-refractivity contribution in [2.24, 2.45) is 0 Å². The molecule has 0 saturated carbocycles. The number of aliphatic hydroxyl groups excluding tert-OH is 1. The summed E-state index contributed by atoms with van der Waals surface area (Å²) in [5.74, 6) is -0.819. The summed E-state index contributed by atoms with van der Waals surface area (Å²) in [6.07, 6.45) is 3.28. The molecule has 7 heteroatoms. The van der Waals surface area contributed by atoms with E-state index in [4.69, 9.17) is 9.47 Å². The van der Waals surface area contributed by atoms with Crippen LogP contribution in [0.4, 0.5) is 0 Å². The van der Waals surface area contributed by atoms with E-state index in [9.17, 15) is 19.5 Å². The first-order valence-corrected chi connectivity index (χ1v) is 11.2. The molecule has 2 aliphatic heterocycles. The Morgan fingerprint density at radius 1 is 1.18 bits per heavy atom. The van der Waals surface area contributed by atoms with Crippen LogP contribution in [0.15, 0.2) is 48.0 Å². The van der Waals surface area contributed by atoms with E-state index in [1.54, 1.807) is 36.4 Å². The fourth-order valence-electron chi connectivity index (χ4n) is 4.33. The van der Waals surface area contributed by atoms with Crippen molar-refractivity contribution in [2.45, 2.75) is 45.6 Å². The van der Waals surface area contributed by atoms with Gasteiger partial charge < -0.3 is 19.5 Å². The highest BCUT2D eigenvalue weighted by molar-refractivity contribution is 6.46. The highest BCUT2D eigenvalue weighted by Gasteiger charge is 2.45. The first-order valence-electron chi connectivity index (χ1n) is 11.2. The summed E-state index contributed by atoms with van der Waals surface area (Å²) in [7, 11) is 0. The first kappa shape index (κ1) is 22.6. The number of amides is 1. The SMILES string of the molecule is CCCCN1C(=O)C(=O)/C(=C(\O)c2ccc3c(c2)CCCO3)C1c1ccc(OC(C)=O)cc1. The topological polar surface area (TPSA) is 93.1 Å².